The van der Waals surface area contributed by atoms with E-state index in [1.165, 1.54) is 6.92 Å². The van der Waals surface area contributed by atoms with E-state index in [0.717, 1.165) is 12.1 Å². The second kappa shape index (κ2) is 6.20. The highest BCUT2D eigenvalue weighted by molar-refractivity contribution is 5.31. The summed E-state index contributed by atoms with van der Waals surface area (Å²) in [5.74, 6) is -2.39. The van der Waals surface area contributed by atoms with Gasteiger partial charge in [0.25, 0.3) is 0 Å². The fraction of sp³-hybridized carbons (Fsp3) is 0.250. The van der Waals surface area contributed by atoms with Gasteiger partial charge in [0, 0.05) is 0 Å². The van der Waals surface area contributed by atoms with Crippen LogP contribution in [0, 0.1) is 11.6 Å². The number of benzene rings is 2. The smallest absolute Gasteiger partial charge is 0.190 e. The zero-order valence-corrected chi connectivity index (χ0v) is 11.5. The molecule has 2 N–H and O–H groups in total. The van der Waals surface area contributed by atoms with Crippen molar-refractivity contribution in [2.45, 2.75) is 19.1 Å². The van der Waals surface area contributed by atoms with Crippen molar-refractivity contribution >= 4 is 0 Å². The number of halogens is 2. The zero-order valence-electron chi connectivity index (χ0n) is 11.5. The minimum Gasteiger partial charge on any atom is -0.484 e. The van der Waals surface area contributed by atoms with Crippen LogP contribution in [0.5, 0.6) is 5.75 Å². The molecule has 0 radical (unpaired) electrons. The Hall–Kier alpha value is -1.98. The normalized spacial score (nSPS) is 13.8. The summed E-state index contributed by atoms with van der Waals surface area (Å²) in [6.07, 6.45) is 0. The number of aliphatic hydroxyl groups excluding tert-OH is 1. The average Bonchev–Trinajstić information content (AvgIpc) is 2.47. The third-order valence-corrected chi connectivity index (χ3v) is 3.13. The highest BCUT2D eigenvalue weighted by atomic mass is 19.1. The molecule has 2 aromatic rings. The predicted molar refractivity (Wildman–Crippen MR) is 73.8 cm³/mol. The largest absolute Gasteiger partial charge is 0.484 e. The molecule has 0 saturated carbocycles. The first-order chi connectivity index (χ1) is 9.94. The van der Waals surface area contributed by atoms with Gasteiger partial charge >= 0.3 is 0 Å². The molecule has 0 aliphatic heterocycles. The molecule has 1 atom stereocenters. The van der Waals surface area contributed by atoms with Gasteiger partial charge in [0.15, 0.2) is 17.4 Å². The Morgan fingerprint density at radius 3 is 2.19 bits per heavy atom. The minimum atomic E-state index is -1.38. The van der Waals surface area contributed by atoms with Gasteiger partial charge in [-0.1, -0.05) is 30.3 Å². The summed E-state index contributed by atoms with van der Waals surface area (Å²) in [5.41, 5.74) is -0.680. The fourth-order valence-electron chi connectivity index (χ4n) is 1.93. The molecule has 112 valence electrons. The Morgan fingerprint density at radius 1 is 1.10 bits per heavy atom. The number of rotatable bonds is 5. The van der Waals surface area contributed by atoms with E-state index in [1.807, 2.05) is 0 Å². The van der Waals surface area contributed by atoms with E-state index in [1.54, 1.807) is 30.3 Å². The van der Waals surface area contributed by atoms with E-state index < -0.39 is 29.6 Å². The summed E-state index contributed by atoms with van der Waals surface area (Å²) in [6, 6.07) is 10.7. The van der Waals surface area contributed by atoms with Gasteiger partial charge in [-0.15, -0.1) is 0 Å². The Balaban J connectivity index is 2.17. The average molecular weight is 294 g/mol. The van der Waals surface area contributed by atoms with Crippen molar-refractivity contribution in [3.05, 3.63) is 65.2 Å². The van der Waals surface area contributed by atoms with E-state index in [4.69, 9.17) is 9.84 Å². The molecule has 5 heteroatoms. The molecule has 2 rings (SSSR count). The lowest BCUT2D eigenvalue weighted by molar-refractivity contribution is 0.00513. The zero-order chi connectivity index (χ0) is 15.5. The van der Waals surface area contributed by atoms with Gasteiger partial charge in [0.1, 0.15) is 12.2 Å². The van der Waals surface area contributed by atoms with E-state index in [0.29, 0.717) is 5.56 Å². The standard InChI is InChI=1S/C16H16F2O3/c1-16(20,12-5-3-2-4-6-12)10-21-15-13(17)7-11(9-19)8-14(15)18/h2-8,19-20H,9-10H2,1H3. The lowest BCUT2D eigenvalue weighted by Gasteiger charge is -2.24. The number of hydrogen-bond acceptors (Lipinski definition) is 3. The third kappa shape index (κ3) is 3.56. The summed E-state index contributed by atoms with van der Waals surface area (Å²) in [4.78, 5) is 0. The fourth-order valence-corrected chi connectivity index (χ4v) is 1.93. The van der Waals surface area contributed by atoms with Crippen LogP contribution in [0.2, 0.25) is 0 Å². The molecule has 2 aromatic carbocycles. The van der Waals surface area contributed by atoms with E-state index >= 15 is 0 Å². The molecule has 0 bridgehead atoms. The summed E-state index contributed by atoms with van der Waals surface area (Å²) < 4.78 is 32.5. The summed E-state index contributed by atoms with van der Waals surface area (Å²) >= 11 is 0. The van der Waals surface area contributed by atoms with Crippen LogP contribution in [0.15, 0.2) is 42.5 Å². The lowest BCUT2D eigenvalue weighted by atomic mass is 9.97. The van der Waals surface area contributed by atoms with E-state index in [9.17, 15) is 13.9 Å². The Bertz CT molecular complexity index is 589. The van der Waals surface area contributed by atoms with Crippen molar-refractivity contribution in [3.63, 3.8) is 0 Å². The number of ether oxygens (including phenoxy) is 1. The van der Waals surface area contributed by atoms with Crippen molar-refractivity contribution < 1.29 is 23.7 Å². The molecular weight excluding hydrogens is 278 g/mol. The predicted octanol–water partition coefficient (Wildman–Crippen LogP) is 2.74. The Labute approximate surface area is 121 Å². The van der Waals surface area contributed by atoms with Gasteiger partial charge in [0.05, 0.1) is 6.61 Å². The molecular formula is C16H16F2O3. The van der Waals surface area contributed by atoms with Crippen LogP contribution in [-0.4, -0.2) is 16.8 Å². The molecule has 21 heavy (non-hydrogen) atoms. The van der Waals surface area contributed by atoms with Crippen LogP contribution >= 0.6 is 0 Å². The first-order valence-electron chi connectivity index (χ1n) is 6.43. The van der Waals surface area contributed by atoms with Crippen LogP contribution in [0.25, 0.3) is 0 Å². The summed E-state index contributed by atoms with van der Waals surface area (Å²) in [6.45, 7) is 0.736. The van der Waals surface area contributed by atoms with Gasteiger partial charge in [0.2, 0.25) is 0 Å². The van der Waals surface area contributed by atoms with Gasteiger partial charge in [-0.2, -0.15) is 0 Å². The topological polar surface area (TPSA) is 49.7 Å². The van der Waals surface area contributed by atoms with Crippen molar-refractivity contribution in [1.29, 1.82) is 0 Å². The minimum absolute atomic E-state index is 0.118. The maximum atomic E-state index is 13.7. The SMILES string of the molecule is CC(O)(COc1c(F)cc(CO)cc1F)c1ccccc1. The highest BCUT2D eigenvalue weighted by Gasteiger charge is 2.25. The maximum absolute atomic E-state index is 13.7. The van der Waals surface area contributed by atoms with Crippen LogP contribution in [0.1, 0.15) is 18.1 Å². The quantitative estimate of drug-likeness (QED) is 0.891. The van der Waals surface area contributed by atoms with Crippen molar-refractivity contribution in [2.75, 3.05) is 6.61 Å². The maximum Gasteiger partial charge on any atom is 0.190 e. The first kappa shape index (κ1) is 15.4. The monoisotopic (exact) mass is 294 g/mol. The van der Waals surface area contributed by atoms with Gasteiger partial charge in [-0.3, -0.25) is 0 Å². The molecule has 3 nitrogen and oxygen atoms in total. The van der Waals surface area contributed by atoms with Crippen LogP contribution in [0.3, 0.4) is 0 Å². The number of aliphatic hydroxyl groups is 2. The van der Waals surface area contributed by atoms with Crippen LogP contribution in [0.4, 0.5) is 8.78 Å². The van der Waals surface area contributed by atoms with Gasteiger partial charge in [-0.25, -0.2) is 8.78 Å². The molecule has 0 aromatic heterocycles. The molecule has 1 unspecified atom stereocenters. The summed E-state index contributed by atoms with van der Waals surface area (Å²) in [5, 5.41) is 19.2. The molecule has 0 fully saturated rings. The van der Waals surface area contributed by atoms with Gasteiger partial charge < -0.3 is 14.9 Å². The molecule has 0 amide bonds. The van der Waals surface area contributed by atoms with Crippen LogP contribution in [-0.2, 0) is 12.2 Å². The molecule has 0 saturated heterocycles. The Morgan fingerprint density at radius 2 is 1.67 bits per heavy atom. The molecule has 0 spiro atoms. The van der Waals surface area contributed by atoms with E-state index in [2.05, 4.69) is 0 Å². The highest BCUT2D eigenvalue weighted by Crippen LogP contribution is 2.27. The molecule has 0 aliphatic rings. The van der Waals surface area contributed by atoms with Crippen LogP contribution < -0.4 is 4.74 Å². The van der Waals surface area contributed by atoms with Crippen molar-refractivity contribution in [2.24, 2.45) is 0 Å². The van der Waals surface area contributed by atoms with E-state index in [-0.39, 0.29) is 12.2 Å². The summed E-state index contributed by atoms with van der Waals surface area (Å²) in [7, 11) is 0. The number of hydrogen-bond donors (Lipinski definition) is 2. The van der Waals surface area contributed by atoms with Crippen molar-refractivity contribution in [3.8, 4) is 5.75 Å². The van der Waals surface area contributed by atoms with Gasteiger partial charge in [-0.05, 0) is 30.2 Å². The lowest BCUT2D eigenvalue weighted by Crippen LogP contribution is -2.29. The molecule has 0 heterocycles. The second-order valence-electron chi connectivity index (χ2n) is 4.98. The third-order valence-electron chi connectivity index (χ3n) is 3.13. The second-order valence-corrected chi connectivity index (χ2v) is 4.98. The molecule has 0 aliphatic carbocycles. The first-order valence-corrected chi connectivity index (χ1v) is 6.43. The van der Waals surface area contributed by atoms with Crippen molar-refractivity contribution in [1.82, 2.24) is 0 Å². The Kier molecular flexibility index (Phi) is 4.55.